The second kappa shape index (κ2) is 10.3. The fraction of sp³-hybridized carbons (Fsp3) is 0.409. The largest absolute Gasteiger partial charge is 0.497 e. The number of anilines is 1. The number of nitrogens with one attached hydrogen (secondary N) is 2. The molecule has 1 aliphatic heterocycles. The van der Waals surface area contributed by atoms with Crippen LogP contribution < -0.4 is 25.0 Å². The Balaban J connectivity index is 1.55. The van der Waals surface area contributed by atoms with Crippen LogP contribution in [0.15, 0.2) is 52.4 Å². The zero-order valence-electron chi connectivity index (χ0n) is 17.6. The zero-order chi connectivity index (χ0) is 20.6. The van der Waals surface area contributed by atoms with E-state index in [2.05, 4.69) is 63.2 Å². The van der Waals surface area contributed by atoms with Crippen LogP contribution >= 0.6 is 11.8 Å². The van der Waals surface area contributed by atoms with Gasteiger partial charge in [0, 0.05) is 61.5 Å². The highest BCUT2D eigenvalue weighted by Gasteiger charge is 2.24. The maximum atomic E-state index is 5.40. The molecule has 1 heterocycles. The summed E-state index contributed by atoms with van der Waals surface area (Å²) in [5, 5.41) is 6.96. The van der Waals surface area contributed by atoms with E-state index in [1.165, 1.54) is 10.5 Å². The maximum absolute atomic E-state index is 5.40. The molecule has 1 saturated heterocycles. The van der Waals surface area contributed by atoms with E-state index in [9.17, 15) is 0 Å². The minimum atomic E-state index is 0.331. The van der Waals surface area contributed by atoms with E-state index < -0.39 is 0 Å². The summed E-state index contributed by atoms with van der Waals surface area (Å²) in [5.41, 5.74) is 2.35. The quantitative estimate of drug-likeness (QED) is 0.412. The van der Waals surface area contributed by atoms with Gasteiger partial charge in [-0.3, -0.25) is 4.99 Å². The van der Waals surface area contributed by atoms with Gasteiger partial charge in [0.25, 0.3) is 0 Å². The molecule has 0 aliphatic carbocycles. The lowest BCUT2D eigenvalue weighted by Gasteiger charge is -2.21. The van der Waals surface area contributed by atoms with E-state index in [1.807, 2.05) is 13.1 Å². The van der Waals surface area contributed by atoms with E-state index >= 15 is 0 Å². The Morgan fingerprint density at radius 1 is 1.14 bits per heavy atom. The predicted octanol–water partition coefficient (Wildman–Crippen LogP) is 3.37. The summed E-state index contributed by atoms with van der Waals surface area (Å²) in [5.74, 6) is 2.44. The van der Waals surface area contributed by atoms with Crippen molar-refractivity contribution in [2.24, 2.45) is 4.99 Å². The molecule has 0 aromatic heterocycles. The van der Waals surface area contributed by atoms with Gasteiger partial charge in [0.15, 0.2) is 5.96 Å². The van der Waals surface area contributed by atoms with Gasteiger partial charge in [-0.05, 0) is 30.4 Å². The van der Waals surface area contributed by atoms with Crippen LogP contribution in [-0.2, 0) is 6.54 Å². The average molecular weight is 415 g/mol. The topological polar surface area (TPSA) is 58.1 Å². The molecule has 156 valence electrons. The number of ether oxygens (including phenoxy) is 2. The molecular weight excluding hydrogens is 384 g/mol. The molecule has 0 amide bonds. The van der Waals surface area contributed by atoms with Gasteiger partial charge in [-0.2, -0.15) is 0 Å². The SMILES string of the molecule is CN=C(NCc1ccc(SC)cc1)NC1CCN(c2cc(OC)cc(OC)c2)C1. The first-order valence-corrected chi connectivity index (χ1v) is 11.0. The monoisotopic (exact) mass is 414 g/mol. The van der Waals surface area contributed by atoms with Gasteiger partial charge in [-0.25, -0.2) is 0 Å². The first-order chi connectivity index (χ1) is 14.1. The fourth-order valence-electron chi connectivity index (χ4n) is 3.40. The smallest absolute Gasteiger partial charge is 0.191 e. The van der Waals surface area contributed by atoms with E-state index in [0.29, 0.717) is 6.04 Å². The second-order valence-corrected chi connectivity index (χ2v) is 7.80. The Kier molecular flexibility index (Phi) is 7.52. The summed E-state index contributed by atoms with van der Waals surface area (Å²) < 4.78 is 10.8. The lowest BCUT2D eigenvalue weighted by atomic mass is 10.2. The summed E-state index contributed by atoms with van der Waals surface area (Å²) in [6.45, 7) is 2.62. The van der Waals surface area contributed by atoms with Crippen LogP contribution in [0.2, 0.25) is 0 Å². The second-order valence-electron chi connectivity index (χ2n) is 6.92. The molecule has 3 rings (SSSR count). The van der Waals surface area contributed by atoms with Gasteiger partial charge in [0.2, 0.25) is 0 Å². The Labute approximate surface area is 177 Å². The molecule has 2 aromatic carbocycles. The minimum absolute atomic E-state index is 0.331. The number of benzene rings is 2. The van der Waals surface area contributed by atoms with Gasteiger partial charge >= 0.3 is 0 Å². The molecule has 6 nitrogen and oxygen atoms in total. The lowest BCUT2D eigenvalue weighted by molar-refractivity contribution is 0.394. The van der Waals surface area contributed by atoms with Gasteiger partial charge in [-0.1, -0.05) is 12.1 Å². The van der Waals surface area contributed by atoms with Crippen molar-refractivity contribution < 1.29 is 9.47 Å². The van der Waals surface area contributed by atoms with Crippen molar-refractivity contribution in [2.45, 2.75) is 23.9 Å². The van der Waals surface area contributed by atoms with Gasteiger partial charge < -0.3 is 25.0 Å². The molecule has 1 aliphatic rings. The number of nitrogens with zero attached hydrogens (tertiary/aromatic N) is 2. The first-order valence-electron chi connectivity index (χ1n) is 9.73. The molecule has 1 unspecified atom stereocenters. The number of hydrogen-bond acceptors (Lipinski definition) is 5. The summed E-state index contributed by atoms with van der Waals surface area (Å²) in [6.07, 6.45) is 3.13. The molecular formula is C22H30N4O2S. The normalized spacial score (nSPS) is 16.6. The molecule has 0 radical (unpaired) electrons. The average Bonchev–Trinajstić information content (AvgIpc) is 3.25. The van der Waals surface area contributed by atoms with Crippen molar-refractivity contribution in [1.82, 2.24) is 10.6 Å². The van der Waals surface area contributed by atoms with Crippen LogP contribution in [0.25, 0.3) is 0 Å². The van der Waals surface area contributed by atoms with Gasteiger partial charge in [0.05, 0.1) is 14.2 Å². The number of guanidine groups is 1. The van der Waals surface area contributed by atoms with Crippen molar-refractivity contribution in [3.05, 3.63) is 48.0 Å². The highest BCUT2D eigenvalue weighted by atomic mass is 32.2. The first kappa shape index (κ1) is 21.2. The Hall–Kier alpha value is -2.54. The highest BCUT2D eigenvalue weighted by molar-refractivity contribution is 7.98. The molecule has 1 atom stereocenters. The standard InChI is InChI=1S/C22H30N4O2S/c1-23-22(24-14-16-5-7-21(29-4)8-6-16)25-17-9-10-26(15-17)18-11-19(27-2)13-20(12-18)28-3/h5-8,11-13,17H,9-10,14-15H2,1-4H3,(H2,23,24,25). The van der Waals surface area contributed by atoms with E-state index in [0.717, 1.165) is 49.2 Å². The van der Waals surface area contributed by atoms with Crippen molar-refractivity contribution >= 4 is 23.4 Å². The highest BCUT2D eigenvalue weighted by Crippen LogP contribution is 2.30. The van der Waals surface area contributed by atoms with Gasteiger partial charge in [0.1, 0.15) is 11.5 Å². The number of methoxy groups -OCH3 is 2. The van der Waals surface area contributed by atoms with Crippen LogP contribution in [0.3, 0.4) is 0 Å². The number of rotatable bonds is 7. The third-order valence-electron chi connectivity index (χ3n) is 5.07. The van der Waals surface area contributed by atoms with Crippen LogP contribution in [0, 0.1) is 0 Å². The third-order valence-corrected chi connectivity index (χ3v) is 5.82. The van der Waals surface area contributed by atoms with Crippen molar-refractivity contribution in [1.29, 1.82) is 0 Å². The third kappa shape index (κ3) is 5.73. The van der Waals surface area contributed by atoms with Crippen molar-refractivity contribution in [3.8, 4) is 11.5 Å². The molecule has 0 spiro atoms. The minimum Gasteiger partial charge on any atom is -0.497 e. The molecule has 7 heteroatoms. The number of thioether (sulfide) groups is 1. The summed E-state index contributed by atoms with van der Waals surface area (Å²) in [6, 6.07) is 14.9. The Bertz CT molecular complexity index is 804. The van der Waals surface area contributed by atoms with Crippen molar-refractivity contribution in [2.75, 3.05) is 45.5 Å². The predicted molar refractivity (Wildman–Crippen MR) is 122 cm³/mol. The molecule has 2 N–H and O–H groups in total. The lowest BCUT2D eigenvalue weighted by Crippen LogP contribution is -2.44. The van der Waals surface area contributed by atoms with E-state index in [-0.39, 0.29) is 0 Å². The van der Waals surface area contributed by atoms with Crippen molar-refractivity contribution in [3.63, 3.8) is 0 Å². The number of aliphatic imine (C=N–C) groups is 1. The summed E-state index contributed by atoms with van der Waals surface area (Å²) >= 11 is 1.75. The zero-order valence-corrected chi connectivity index (χ0v) is 18.4. The Morgan fingerprint density at radius 2 is 1.83 bits per heavy atom. The molecule has 2 aromatic rings. The summed E-state index contributed by atoms with van der Waals surface area (Å²) in [7, 11) is 5.17. The van der Waals surface area contributed by atoms with Crippen LogP contribution in [0.1, 0.15) is 12.0 Å². The summed E-state index contributed by atoms with van der Waals surface area (Å²) in [4.78, 5) is 8.00. The van der Waals surface area contributed by atoms with E-state index in [1.54, 1.807) is 26.0 Å². The Morgan fingerprint density at radius 3 is 2.41 bits per heavy atom. The molecule has 29 heavy (non-hydrogen) atoms. The molecule has 0 saturated carbocycles. The number of hydrogen-bond donors (Lipinski definition) is 2. The van der Waals surface area contributed by atoms with Crippen LogP contribution in [-0.4, -0.2) is 52.6 Å². The fourth-order valence-corrected chi connectivity index (χ4v) is 3.81. The maximum Gasteiger partial charge on any atom is 0.191 e. The molecule has 1 fully saturated rings. The van der Waals surface area contributed by atoms with Crippen LogP contribution in [0.5, 0.6) is 11.5 Å². The molecule has 0 bridgehead atoms. The van der Waals surface area contributed by atoms with Gasteiger partial charge in [-0.15, -0.1) is 11.8 Å². The van der Waals surface area contributed by atoms with E-state index in [4.69, 9.17) is 9.47 Å². The van der Waals surface area contributed by atoms with Crippen LogP contribution in [0.4, 0.5) is 5.69 Å².